The number of carbonyl (C=O) groups excluding carboxylic acids is 3. The van der Waals surface area contributed by atoms with E-state index < -0.39 is 23.4 Å². The number of anilines is 1. The number of benzene rings is 4. The van der Waals surface area contributed by atoms with Gasteiger partial charge in [-0.15, -0.1) is 0 Å². The Hall–Kier alpha value is -4.68. The van der Waals surface area contributed by atoms with Gasteiger partial charge in [0, 0.05) is 44.9 Å². The fourth-order valence-electron chi connectivity index (χ4n) is 7.26. The van der Waals surface area contributed by atoms with Crippen LogP contribution in [0.2, 0.25) is 5.02 Å². The summed E-state index contributed by atoms with van der Waals surface area (Å²) in [6.45, 7) is 1.96. The van der Waals surface area contributed by atoms with Crippen molar-refractivity contribution in [1.29, 1.82) is 0 Å². The fourth-order valence-corrected chi connectivity index (χ4v) is 7.44. The second-order valence-corrected chi connectivity index (χ2v) is 11.7. The van der Waals surface area contributed by atoms with Crippen molar-refractivity contribution in [3.8, 4) is 11.5 Å². The van der Waals surface area contributed by atoms with E-state index >= 15 is 0 Å². The molecule has 0 bridgehead atoms. The molecule has 214 valence electrons. The van der Waals surface area contributed by atoms with E-state index in [0.29, 0.717) is 38.8 Å². The van der Waals surface area contributed by atoms with Crippen molar-refractivity contribution in [3.63, 3.8) is 0 Å². The second kappa shape index (κ2) is 9.96. The van der Waals surface area contributed by atoms with Gasteiger partial charge in [0.15, 0.2) is 17.3 Å². The molecule has 0 N–H and O–H groups in total. The molecule has 3 aliphatic rings. The van der Waals surface area contributed by atoms with E-state index in [1.54, 1.807) is 61.7 Å². The van der Waals surface area contributed by atoms with Gasteiger partial charge in [-0.25, -0.2) is 0 Å². The first kappa shape index (κ1) is 27.2. The highest BCUT2D eigenvalue weighted by molar-refractivity contribution is 6.33. The van der Waals surface area contributed by atoms with E-state index in [1.807, 2.05) is 54.3 Å². The van der Waals surface area contributed by atoms with Crippen molar-refractivity contribution in [1.82, 2.24) is 0 Å². The SMILES string of the molecule is COc1ccc([C@@H]2[C@H](C(=O)c3ccc(C)cc3)N3c4ccc(Cl)cc4C=C[C@H]3C23C(=O)c2ccccc2C3=O)c(OC)c1. The molecule has 3 atom stereocenters. The molecule has 1 aliphatic carbocycles. The molecule has 4 aromatic carbocycles. The van der Waals surface area contributed by atoms with Gasteiger partial charge in [-0.3, -0.25) is 14.4 Å². The smallest absolute Gasteiger partial charge is 0.185 e. The molecule has 1 saturated heterocycles. The summed E-state index contributed by atoms with van der Waals surface area (Å²) in [6.07, 6.45) is 3.78. The molecule has 1 spiro atoms. The summed E-state index contributed by atoms with van der Waals surface area (Å²) in [7, 11) is 3.09. The number of nitrogens with zero attached hydrogens (tertiary/aromatic N) is 1. The lowest BCUT2D eigenvalue weighted by atomic mass is 9.64. The molecule has 0 unspecified atom stereocenters. The average Bonchev–Trinajstić information content (AvgIpc) is 3.46. The highest BCUT2D eigenvalue weighted by atomic mass is 35.5. The van der Waals surface area contributed by atoms with E-state index in [2.05, 4.69) is 0 Å². The van der Waals surface area contributed by atoms with Crippen molar-refractivity contribution >= 4 is 40.7 Å². The third-order valence-corrected chi connectivity index (χ3v) is 9.38. The van der Waals surface area contributed by atoms with E-state index in [-0.39, 0.29) is 17.3 Å². The maximum absolute atomic E-state index is 14.8. The molecular weight excluding hydrogens is 562 g/mol. The highest BCUT2D eigenvalue weighted by Crippen LogP contribution is 2.62. The Labute approximate surface area is 254 Å². The Morgan fingerprint density at radius 3 is 2.21 bits per heavy atom. The first-order chi connectivity index (χ1) is 20.8. The second-order valence-electron chi connectivity index (χ2n) is 11.2. The van der Waals surface area contributed by atoms with Crippen LogP contribution in [0.3, 0.4) is 0 Å². The van der Waals surface area contributed by atoms with Gasteiger partial charge in [-0.1, -0.05) is 83.9 Å². The maximum Gasteiger partial charge on any atom is 0.185 e. The number of hydrogen-bond donors (Lipinski definition) is 0. The number of rotatable bonds is 5. The number of carbonyl (C=O) groups is 3. The molecule has 2 aliphatic heterocycles. The number of halogens is 1. The van der Waals surface area contributed by atoms with Crippen molar-refractivity contribution in [2.45, 2.75) is 24.9 Å². The van der Waals surface area contributed by atoms with E-state index in [4.69, 9.17) is 21.1 Å². The van der Waals surface area contributed by atoms with Gasteiger partial charge in [0.25, 0.3) is 0 Å². The van der Waals surface area contributed by atoms with Crippen LogP contribution in [-0.4, -0.2) is 43.7 Å². The minimum absolute atomic E-state index is 0.197. The first-order valence-corrected chi connectivity index (χ1v) is 14.5. The van der Waals surface area contributed by atoms with Crippen LogP contribution in [0.1, 0.15) is 53.7 Å². The molecule has 0 aromatic heterocycles. The topological polar surface area (TPSA) is 72.9 Å². The molecule has 0 saturated carbocycles. The fraction of sp³-hybridized carbons (Fsp3) is 0.194. The summed E-state index contributed by atoms with van der Waals surface area (Å²) < 4.78 is 11.3. The Morgan fingerprint density at radius 1 is 0.860 bits per heavy atom. The first-order valence-electron chi connectivity index (χ1n) is 14.1. The largest absolute Gasteiger partial charge is 0.497 e. The summed E-state index contributed by atoms with van der Waals surface area (Å²) >= 11 is 6.39. The zero-order chi connectivity index (χ0) is 30.0. The zero-order valence-electron chi connectivity index (χ0n) is 23.8. The number of ether oxygens (including phenoxy) is 2. The summed E-state index contributed by atoms with van der Waals surface area (Å²) in [5.41, 5.74) is 2.72. The molecular formula is C36H28ClNO5. The van der Waals surface area contributed by atoms with Crippen LogP contribution in [0, 0.1) is 12.3 Å². The summed E-state index contributed by atoms with van der Waals surface area (Å²) in [5, 5.41) is 0.547. The van der Waals surface area contributed by atoms with Gasteiger partial charge in [0.05, 0.1) is 20.3 Å². The minimum atomic E-state index is -1.63. The monoisotopic (exact) mass is 589 g/mol. The Bertz CT molecular complexity index is 1830. The lowest BCUT2D eigenvalue weighted by molar-refractivity contribution is 0.0665. The van der Waals surface area contributed by atoms with Gasteiger partial charge in [0.1, 0.15) is 23.0 Å². The number of methoxy groups -OCH3 is 2. The summed E-state index contributed by atoms with van der Waals surface area (Å²) in [6, 6.07) is 23.4. The normalized spacial score (nSPS) is 21.0. The zero-order valence-corrected chi connectivity index (χ0v) is 24.6. The summed E-state index contributed by atoms with van der Waals surface area (Å²) in [5.74, 6) is -0.705. The van der Waals surface area contributed by atoms with E-state index in [0.717, 1.165) is 16.8 Å². The van der Waals surface area contributed by atoms with Gasteiger partial charge in [-0.2, -0.15) is 0 Å². The molecule has 0 amide bonds. The molecule has 43 heavy (non-hydrogen) atoms. The molecule has 4 aromatic rings. The highest BCUT2D eigenvalue weighted by Gasteiger charge is 2.72. The van der Waals surface area contributed by atoms with Gasteiger partial charge in [-0.05, 0) is 36.8 Å². The quantitative estimate of drug-likeness (QED) is 0.185. The summed E-state index contributed by atoms with van der Waals surface area (Å²) in [4.78, 5) is 46.5. The van der Waals surface area contributed by atoms with Crippen LogP contribution in [0.25, 0.3) is 6.08 Å². The standard InChI is InChI=1S/C36H28ClNO5/c1-20-8-10-21(11-9-20)33(39)32-31(27-15-14-24(42-2)19-29(27)43-3)36(34(40)25-6-4-5-7-26(25)35(36)41)30-17-12-22-18-23(37)13-16-28(22)38(30)32/h4-19,30-32H,1-3H3/t30-,31+,32+/m0/s1. The Balaban J connectivity index is 1.57. The number of hydrogen-bond acceptors (Lipinski definition) is 6. The number of ketones is 3. The van der Waals surface area contributed by atoms with Crippen LogP contribution < -0.4 is 14.4 Å². The maximum atomic E-state index is 14.8. The molecule has 7 rings (SSSR count). The van der Waals surface area contributed by atoms with Crippen molar-refractivity contribution in [2.24, 2.45) is 5.41 Å². The van der Waals surface area contributed by atoms with Gasteiger partial charge >= 0.3 is 0 Å². The van der Waals surface area contributed by atoms with Gasteiger partial charge < -0.3 is 14.4 Å². The molecule has 2 heterocycles. The third-order valence-electron chi connectivity index (χ3n) is 9.15. The molecule has 6 nitrogen and oxygen atoms in total. The van der Waals surface area contributed by atoms with Crippen LogP contribution in [0.5, 0.6) is 11.5 Å². The number of Topliss-reactive ketones (excluding diaryl/α,β-unsaturated/α-hetero) is 3. The molecule has 7 heteroatoms. The average molecular weight is 590 g/mol. The van der Waals surface area contributed by atoms with Crippen LogP contribution in [0.15, 0.2) is 91.0 Å². The Kier molecular flexibility index (Phi) is 6.29. The number of fused-ring (bicyclic) bond motifs is 5. The predicted molar refractivity (Wildman–Crippen MR) is 166 cm³/mol. The van der Waals surface area contributed by atoms with Crippen molar-refractivity contribution < 1.29 is 23.9 Å². The van der Waals surface area contributed by atoms with Crippen molar-refractivity contribution in [2.75, 3.05) is 19.1 Å². The Morgan fingerprint density at radius 2 is 1.56 bits per heavy atom. The molecule has 0 radical (unpaired) electrons. The lowest BCUT2D eigenvalue weighted by Gasteiger charge is -2.37. The van der Waals surface area contributed by atoms with Crippen LogP contribution in [-0.2, 0) is 0 Å². The van der Waals surface area contributed by atoms with E-state index in [1.165, 1.54) is 7.11 Å². The minimum Gasteiger partial charge on any atom is -0.497 e. The van der Waals surface area contributed by atoms with Crippen molar-refractivity contribution in [3.05, 3.63) is 129 Å². The van der Waals surface area contributed by atoms with Gasteiger partial charge in [0.2, 0.25) is 0 Å². The van der Waals surface area contributed by atoms with E-state index in [9.17, 15) is 14.4 Å². The predicted octanol–water partition coefficient (Wildman–Crippen LogP) is 6.98. The number of aryl methyl sites for hydroxylation is 1. The lowest BCUT2D eigenvalue weighted by Crippen LogP contribution is -2.48. The van der Waals surface area contributed by atoms with Crippen LogP contribution >= 0.6 is 11.6 Å². The van der Waals surface area contributed by atoms with Crippen LogP contribution in [0.4, 0.5) is 5.69 Å². The molecule has 1 fully saturated rings. The third kappa shape index (κ3) is 3.76.